The Kier molecular flexibility index (Phi) is 6.51. The Hall–Kier alpha value is -1.56. The van der Waals surface area contributed by atoms with Crippen molar-refractivity contribution in [2.45, 2.75) is 32.4 Å². The summed E-state index contributed by atoms with van der Waals surface area (Å²) >= 11 is 3.32. The third-order valence-electron chi connectivity index (χ3n) is 2.58. The summed E-state index contributed by atoms with van der Waals surface area (Å²) in [5, 5.41) is 2.70. The lowest BCUT2D eigenvalue weighted by molar-refractivity contribution is -0.141. The molecule has 0 aliphatic heterocycles. The van der Waals surface area contributed by atoms with Gasteiger partial charge in [-0.1, -0.05) is 15.9 Å². The topological polar surface area (TPSA) is 64.6 Å². The summed E-state index contributed by atoms with van der Waals surface area (Å²) in [6, 6.07) is 6.91. The predicted octanol–water partition coefficient (Wildman–Crippen LogP) is 2.28. The van der Waals surface area contributed by atoms with Crippen LogP contribution in [0.2, 0.25) is 0 Å². The number of carbonyl (C=O) groups excluding carboxylic acids is 2. The van der Waals surface area contributed by atoms with E-state index in [9.17, 15) is 9.59 Å². The Morgan fingerprint density at radius 1 is 1.25 bits per heavy atom. The van der Waals surface area contributed by atoms with Gasteiger partial charge in [0.05, 0.1) is 13.5 Å². The highest BCUT2D eigenvalue weighted by atomic mass is 79.9. The molecule has 0 saturated heterocycles. The van der Waals surface area contributed by atoms with Crippen molar-refractivity contribution in [2.24, 2.45) is 0 Å². The van der Waals surface area contributed by atoms with Crippen LogP contribution in [0.1, 0.15) is 20.3 Å². The maximum atomic E-state index is 11.9. The monoisotopic (exact) mass is 343 g/mol. The maximum Gasteiger partial charge on any atom is 0.307 e. The van der Waals surface area contributed by atoms with Crippen molar-refractivity contribution in [3.63, 3.8) is 0 Å². The molecular weight excluding hydrogens is 326 g/mol. The van der Waals surface area contributed by atoms with Crippen molar-refractivity contribution in [2.75, 3.05) is 7.11 Å². The molecule has 1 N–H and O–H groups in total. The minimum Gasteiger partial charge on any atom is -0.481 e. The highest BCUT2D eigenvalue weighted by molar-refractivity contribution is 9.10. The first-order chi connectivity index (χ1) is 9.42. The first kappa shape index (κ1) is 16.5. The van der Waals surface area contributed by atoms with Gasteiger partial charge in [0.15, 0.2) is 6.10 Å². The number of benzene rings is 1. The largest absolute Gasteiger partial charge is 0.481 e. The summed E-state index contributed by atoms with van der Waals surface area (Å²) in [5.74, 6) is -0.0277. The first-order valence-electron chi connectivity index (χ1n) is 6.21. The van der Waals surface area contributed by atoms with E-state index in [0.717, 1.165) is 4.47 Å². The summed E-state index contributed by atoms with van der Waals surface area (Å²) in [7, 11) is 1.32. The normalized spacial score (nSPS) is 13.2. The van der Waals surface area contributed by atoms with Gasteiger partial charge < -0.3 is 14.8 Å². The van der Waals surface area contributed by atoms with E-state index in [1.165, 1.54) is 7.11 Å². The van der Waals surface area contributed by atoms with Crippen LogP contribution >= 0.6 is 15.9 Å². The number of halogens is 1. The predicted molar refractivity (Wildman–Crippen MR) is 78.5 cm³/mol. The number of esters is 1. The number of amides is 1. The number of hydrogen-bond acceptors (Lipinski definition) is 4. The molecule has 0 heterocycles. The van der Waals surface area contributed by atoms with E-state index >= 15 is 0 Å². The van der Waals surface area contributed by atoms with E-state index in [1.54, 1.807) is 26.0 Å². The number of nitrogens with one attached hydrogen (secondary N) is 1. The summed E-state index contributed by atoms with van der Waals surface area (Å²) in [6.45, 7) is 3.39. The van der Waals surface area contributed by atoms with Gasteiger partial charge in [0.2, 0.25) is 0 Å². The lowest BCUT2D eigenvalue weighted by Crippen LogP contribution is -2.42. The van der Waals surface area contributed by atoms with E-state index in [0.29, 0.717) is 5.75 Å². The lowest BCUT2D eigenvalue weighted by atomic mass is 10.2. The van der Waals surface area contributed by atoms with Crippen molar-refractivity contribution in [3.8, 4) is 5.75 Å². The molecule has 0 aliphatic carbocycles. The molecular formula is C14H18BrNO4. The minimum atomic E-state index is -0.642. The zero-order valence-corrected chi connectivity index (χ0v) is 13.3. The van der Waals surface area contributed by atoms with E-state index in [1.807, 2.05) is 12.1 Å². The van der Waals surface area contributed by atoms with Crippen LogP contribution in [0.25, 0.3) is 0 Å². The molecule has 0 bridgehead atoms. The van der Waals surface area contributed by atoms with Gasteiger partial charge >= 0.3 is 5.97 Å². The average Bonchev–Trinajstić information content (AvgIpc) is 2.40. The first-order valence-corrected chi connectivity index (χ1v) is 7.01. The molecule has 5 nitrogen and oxygen atoms in total. The van der Waals surface area contributed by atoms with Gasteiger partial charge in [-0.3, -0.25) is 9.59 Å². The van der Waals surface area contributed by atoms with Crippen molar-refractivity contribution >= 4 is 27.8 Å². The third-order valence-corrected chi connectivity index (χ3v) is 3.11. The molecule has 0 saturated carbocycles. The fourth-order valence-electron chi connectivity index (χ4n) is 1.52. The molecule has 0 aromatic heterocycles. The molecule has 0 spiro atoms. The number of ether oxygens (including phenoxy) is 2. The molecule has 1 amide bonds. The second-order valence-electron chi connectivity index (χ2n) is 4.40. The number of carbonyl (C=O) groups is 2. The molecule has 110 valence electrons. The average molecular weight is 344 g/mol. The zero-order chi connectivity index (χ0) is 15.1. The van der Waals surface area contributed by atoms with Gasteiger partial charge in [-0.25, -0.2) is 0 Å². The fraction of sp³-hybridized carbons (Fsp3) is 0.429. The molecule has 0 radical (unpaired) electrons. The fourth-order valence-corrected chi connectivity index (χ4v) is 1.78. The molecule has 20 heavy (non-hydrogen) atoms. The number of hydrogen-bond donors (Lipinski definition) is 1. The molecule has 0 aliphatic rings. The van der Waals surface area contributed by atoms with Crippen LogP contribution < -0.4 is 10.1 Å². The van der Waals surface area contributed by atoms with Crippen LogP contribution in [0.15, 0.2) is 28.7 Å². The van der Waals surface area contributed by atoms with Crippen molar-refractivity contribution in [1.29, 1.82) is 0 Å². The van der Waals surface area contributed by atoms with Gasteiger partial charge in [-0.2, -0.15) is 0 Å². The van der Waals surface area contributed by atoms with Gasteiger partial charge in [0.1, 0.15) is 5.75 Å². The lowest BCUT2D eigenvalue weighted by Gasteiger charge is -2.18. The second-order valence-corrected chi connectivity index (χ2v) is 5.32. The summed E-state index contributed by atoms with van der Waals surface area (Å²) in [6.07, 6.45) is -0.510. The van der Waals surface area contributed by atoms with Crippen LogP contribution in [0.3, 0.4) is 0 Å². The molecule has 1 aromatic rings. The smallest absolute Gasteiger partial charge is 0.307 e. The molecule has 0 fully saturated rings. The summed E-state index contributed by atoms with van der Waals surface area (Å²) in [4.78, 5) is 23.0. The summed E-state index contributed by atoms with van der Waals surface area (Å²) < 4.78 is 11.0. The Balaban J connectivity index is 2.46. The van der Waals surface area contributed by atoms with Crippen LogP contribution in [0, 0.1) is 0 Å². The second kappa shape index (κ2) is 7.89. The molecule has 2 unspecified atom stereocenters. The SMILES string of the molecule is COC(=O)CC(C)NC(=O)C(C)Oc1ccc(Br)cc1. The van der Waals surface area contributed by atoms with E-state index < -0.39 is 6.10 Å². The Bertz CT molecular complexity index is 461. The van der Waals surface area contributed by atoms with E-state index in [4.69, 9.17) is 4.74 Å². The molecule has 2 atom stereocenters. The van der Waals surface area contributed by atoms with Gasteiger partial charge in [-0.15, -0.1) is 0 Å². The van der Waals surface area contributed by atoms with E-state index in [2.05, 4.69) is 26.0 Å². The van der Waals surface area contributed by atoms with Gasteiger partial charge in [-0.05, 0) is 38.1 Å². The van der Waals surface area contributed by atoms with Gasteiger partial charge in [0.25, 0.3) is 5.91 Å². The van der Waals surface area contributed by atoms with Crippen LogP contribution in [-0.4, -0.2) is 31.1 Å². The maximum absolute atomic E-state index is 11.9. The Morgan fingerprint density at radius 3 is 2.40 bits per heavy atom. The summed E-state index contributed by atoms with van der Waals surface area (Å²) in [5.41, 5.74) is 0. The van der Waals surface area contributed by atoms with Crippen LogP contribution in [-0.2, 0) is 14.3 Å². The molecule has 1 rings (SSSR count). The molecule has 1 aromatic carbocycles. The molecule has 6 heteroatoms. The number of methoxy groups -OCH3 is 1. The Labute approximate surface area is 126 Å². The quantitative estimate of drug-likeness (QED) is 0.805. The van der Waals surface area contributed by atoms with Crippen molar-refractivity contribution in [3.05, 3.63) is 28.7 Å². The minimum absolute atomic E-state index is 0.132. The van der Waals surface area contributed by atoms with E-state index in [-0.39, 0.29) is 24.3 Å². The van der Waals surface area contributed by atoms with Crippen LogP contribution in [0.4, 0.5) is 0 Å². The highest BCUT2D eigenvalue weighted by Gasteiger charge is 2.18. The Morgan fingerprint density at radius 2 is 1.85 bits per heavy atom. The third kappa shape index (κ3) is 5.61. The van der Waals surface area contributed by atoms with Crippen molar-refractivity contribution < 1.29 is 19.1 Å². The van der Waals surface area contributed by atoms with Crippen molar-refractivity contribution in [1.82, 2.24) is 5.32 Å². The van der Waals surface area contributed by atoms with Crippen LogP contribution in [0.5, 0.6) is 5.75 Å². The number of rotatable bonds is 6. The highest BCUT2D eigenvalue weighted by Crippen LogP contribution is 2.17. The van der Waals surface area contributed by atoms with Gasteiger partial charge in [0, 0.05) is 10.5 Å². The standard InChI is InChI=1S/C14H18BrNO4/c1-9(8-13(17)19-3)16-14(18)10(2)20-12-6-4-11(15)5-7-12/h4-7,9-10H,8H2,1-3H3,(H,16,18). The zero-order valence-electron chi connectivity index (χ0n) is 11.7.